The number of carbonyl (C=O) groups is 2. The minimum absolute atomic E-state index is 0.00149. The van der Waals surface area contributed by atoms with Crippen molar-refractivity contribution in [2.75, 3.05) is 6.54 Å². The summed E-state index contributed by atoms with van der Waals surface area (Å²) in [5, 5.41) is 3.27. The van der Waals surface area contributed by atoms with E-state index in [1.165, 1.54) is 22.7 Å². The van der Waals surface area contributed by atoms with Gasteiger partial charge in [0.2, 0.25) is 0 Å². The Hall–Kier alpha value is -2.48. The molecule has 1 unspecified atom stereocenters. The molecule has 1 aliphatic rings. The molecule has 8 heteroatoms. The molecule has 0 saturated carbocycles. The molecule has 0 aliphatic heterocycles. The Labute approximate surface area is 161 Å². The number of hydrogen-bond donors (Lipinski definition) is 1. The summed E-state index contributed by atoms with van der Waals surface area (Å²) in [5.74, 6) is -0.913. The summed E-state index contributed by atoms with van der Waals surface area (Å²) in [6.07, 6.45) is 6.30. The molecule has 2 aromatic heterocycles. The third-order valence-corrected chi connectivity index (χ3v) is 5.80. The van der Waals surface area contributed by atoms with Gasteiger partial charge in [0.05, 0.1) is 18.1 Å². The molecule has 0 spiro atoms. The van der Waals surface area contributed by atoms with E-state index in [2.05, 4.69) is 16.9 Å². The van der Waals surface area contributed by atoms with Crippen molar-refractivity contribution >= 4 is 33.4 Å². The maximum Gasteiger partial charge on any atom is 0.308 e. The van der Waals surface area contributed by atoms with Crippen molar-refractivity contribution in [2.24, 2.45) is 0 Å². The minimum atomic E-state index is -0.890. The number of rotatable bonds is 7. The van der Waals surface area contributed by atoms with Crippen LogP contribution in [0.1, 0.15) is 36.6 Å². The highest BCUT2D eigenvalue weighted by Crippen LogP contribution is 2.33. The van der Waals surface area contributed by atoms with E-state index >= 15 is 0 Å². The Morgan fingerprint density at radius 2 is 2.22 bits per heavy atom. The third kappa shape index (κ3) is 4.27. The van der Waals surface area contributed by atoms with Crippen LogP contribution in [0.5, 0.6) is 0 Å². The fourth-order valence-corrected chi connectivity index (χ4v) is 4.40. The monoisotopic (exact) mass is 389 g/mol. The molecule has 1 atom stereocenters. The van der Waals surface area contributed by atoms with Gasteiger partial charge in [0.15, 0.2) is 6.10 Å². The highest BCUT2D eigenvalue weighted by Gasteiger charge is 2.21. The number of ether oxygens (including phenoxy) is 1. The highest BCUT2D eigenvalue weighted by molar-refractivity contribution is 7.18. The number of thiophene rings is 1. The molecular formula is C19H23N3O4S. The lowest BCUT2D eigenvalue weighted by molar-refractivity contribution is -0.154. The molecular weight excluding hydrogens is 366 g/mol. The molecule has 2 heterocycles. The summed E-state index contributed by atoms with van der Waals surface area (Å²) in [6, 6.07) is 0. The van der Waals surface area contributed by atoms with Crippen molar-refractivity contribution < 1.29 is 14.3 Å². The van der Waals surface area contributed by atoms with Gasteiger partial charge in [0.25, 0.3) is 11.5 Å². The summed E-state index contributed by atoms with van der Waals surface area (Å²) in [6.45, 7) is 5.50. The quantitative estimate of drug-likeness (QED) is 0.577. The summed E-state index contributed by atoms with van der Waals surface area (Å²) in [7, 11) is 0. The average molecular weight is 389 g/mol. The zero-order valence-corrected chi connectivity index (χ0v) is 16.1. The standard InChI is InChI=1S/C19H23N3O4S/c1-3-9-20-17(24)12(2)26-15(23)8-10-22-11-21-18-16(19(22)25)13-6-4-5-7-14(13)27-18/h3,11-12H,1,4-10H2,2H3,(H,20,24). The maximum atomic E-state index is 12.8. The van der Waals surface area contributed by atoms with Crippen molar-refractivity contribution in [2.45, 2.75) is 51.7 Å². The van der Waals surface area contributed by atoms with E-state index in [-0.39, 0.29) is 24.4 Å². The SMILES string of the molecule is C=CCNC(=O)C(C)OC(=O)CCn1cnc2sc3c(c2c1=O)CCCC3. The van der Waals surface area contributed by atoms with E-state index in [4.69, 9.17) is 4.74 Å². The first-order chi connectivity index (χ1) is 13.0. The Morgan fingerprint density at radius 1 is 1.44 bits per heavy atom. The first-order valence-electron chi connectivity index (χ1n) is 9.09. The third-order valence-electron chi connectivity index (χ3n) is 4.60. The van der Waals surface area contributed by atoms with Gasteiger partial charge in [-0.15, -0.1) is 17.9 Å². The van der Waals surface area contributed by atoms with Gasteiger partial charge in [-0.3, -0.25) is 19.0 Å². The molecule has 0 fully saturated rings. The van der Waals surface area contributed by atoms with Crippen LogP contribution in [0.2, 0.25) is 0 Å². The molecule has 0 aromatic carbocycles. The maximum absolute atomic E-state index is 12.8. The van der Waals surface area contributed by atoms with Gasteiger partial charge in [0, 0.05) is 18.0 Å². The summed E-state index contributed by atoms with van der Waals surface area (Å²) in [5.41, 5.74) is 1.02. The number of aryl methyl sites for hydroxylation is 3. The average Bonchev–Trinajstić information content (AvgIpc) is 3.04. The van der Waals surface area contributed by atoms with Crippen LogP contribution < -0.4 is 10.9 Å². The Kier molecular flexibility index (Phi) is 6.05. The number of hydrogen-bond acceptors (Lipinski definition) is 6. The van der Waals surface area contributed by atoms with E-state index < -0.39 is 12.1 Å². The second-order valence-electron chi connectivity index (χ2n) is 6.55. The number of nitrogens with one attached hydrogen (secondary N) is 1. The van der Waals surface area contributed by atoms with Crippen LogP contribution in [-0.4, -0.2) is 34.1 Å². The molecule has 1 aliphatic carbocycles. The van der Waals surface area contributed by atoms with Crippen LogP contribution in [-0.2, 0) is 33.7 Å². The van der Waals surface area contributed by atoms with Crippen molar-refractivity contribution in [1.82, 2.24) is 14.9 Å². The number of amides is 1. The zero-order valence-electron chi connectivity index (χ0n) is 15.3. The van der Waals surface area contributed by atoms with E-state index in [1.807, 2.05) is 0 Å². The van der Waals surface area contributed by atoms with Crippen LogP contribution in [0, 0.1) is 0 Å². The topological polar surface area (TPSA) is 90.3 Å². The largest absolute Gasteiger partial charge is 0.452 e. The number of aromatic nitrogens is 2. The van der Waals surface area contributed by atoms with Crippen molar-refractivity contribution in [3.8, 4) is 0 Å². The van der Waals surface area contributed by atoms with Gasteiger partial charge >= 0.3 is 5.97 Å². The Bertz CT molecular complexity index is 931. The molecule has 7 nitrogen and oxygen atoms in total. The Morgan fingerprint density at radius 3 is 3.00 bits per heavy atom. The Balaban J connectivity index is 1.66. The predicted molar refractivity (Wildman–Crippen MR) is 104 cm³/mol. The van der Waals surface area contributed by atoms with Crippen LogP contribution in [0.4, 0.5) is 0 Å². The number of esters is 1. The summed E-state index contributed by atoms with van der Waals surface area (Å²) < 4.78 is 6.57. The zero-order chi connectivity index (χ0) is 19.4. The molecule has 2 aromatic rings. The van der Waals surface area contributed by atoms with Crippen LogP contribution in [0.3, 0.4) is 0 Å². The van der Waals surface area contributed by atoms with E-state index in [0.29, 0.717) is 11.9 Å². The van der Waals surface area contributed by atoms with Gasteiger partial charge in [-0.2, -0.15) is 0 Å². The lowest BCUT2D eigenvalue weighted by Crippen LogP contribution is -2.36. The highest BCUT2D eigenvalue weighted by atomic mass is 32.1. The molecule has 3 rings (SSSR count). The lowest BCUT2D eigenvalue weighted by Gasteiger charge is -2.13. The predicted octanol–water partition coefficient (Wildman–Crippen LogP) is 1.96. The van der Waals surface area contributed by atoms with E-state index in [1.54, 1.807) is 17.4 Å². The van der Waals surface area contributed by atoms with Gasteiger partial charge in [-0.25, -0.2) is 4.98 Å². The van der Waals surface area contributed by atoms with Gasteiger partial charge in [0.1, 0.15) is 4.83 Å². The first kappa shape index (κ1) is 19.3. The molecule has 27 heavy (non-hydrogen) atoms. The first-order valence-corrected chi connectivity index (χ1v) is 9.90. The van der Waals surface area contributed by atoms with Crippen LogP contribution in [0.15, 0.2) is 23.8 Å². The van der Waals surface area contributed by atoms with Gasteiger partial charge < -0.3 is 10.1 Å². The molecule has 0 radical (unpaired) electrons. The normalized spacial score (nSPS) is 14.4. The second-order valence-corrected chi connectivity index (χ2v) is 7.63. The smallest absolute Gasteiger partial charge is 0.308 e. The lowest BCUT2D eigenvalue weighted by atomic mass is 9.97. The molecule has 144 valence electrons. The number of fused-ring (bicyclic) bond motifs is 3. The number of nitrogens with zero attached hydrogens (tertiary/aromatic N) is 2. The van der Waals surface area contributed by atoms with Crippen molar-refractivity contribution in [3.63, 3.8) is 0 Å². The molecule has 1 amide bonds. The second kappa shape index (κ2) is 8.47. The van der Waals surface area contributed by atoms with Crippen LogP contribution >= 0.6 is 11.3 Å². The minimum Gasteiger partial charge on any atom is -0.452 e. The van der Waals surface area contributed by atoms with Gasteiger partial charge in [-0.05, 0) is 38.2 Å². The molecule has 1 N–H and O–H groups in total. The number of carbonyl (C=O) groups excluding carboxylic acids is 2. The van der Waals surface area contributed by atoms with E-state index in [0.717, 1.165) is 36.1 Å². The van der Waals surface area contributed by atoms with E-state index in [9.17, 15) is 14.4 Å². The van der Waals surface area contributed by atoms with Crippen molar-refractivity contribution in [3.05, 3.63) is 39.8 Å². The van der Waals surface area contributed by atoms with Crippen LogP contribution in [0.25, 0.3) is 10.2 Å². The van der Waals surface area contributed by atoms with Crippen molar-refractivity contribution in [1.29, 1.82) is 0 Å². The molecule has 0 saturated heterocycles. The fraction of sp³-hybridized carbons (Fsp3) is 0.474. The fourth-order valence-electron chi connectivity index (χ4n) is 3.18. The molecule has 0 bridgehead atoms. The van der Waals surface area contributed by atoms with Gasteiger partial charge in [-0.1, -0.05) is 6.08 Å². The summed E-state index contributed by atoms with van der Waals surface area (Å²) >= 11 is 1.60. The summed E-state index contributed by atoms with van der Waals surface area (Å²) in [4.78, 5) is 43.0.